The first-order chi connectivity index (χ1) is 9.34. The summed E-state index contributed by atoms with van der Waals surface area (Å²) in [7, 11) is 0. The molecule has 1 aromatic carbocycles. The predicted octanol–water partition coefficient (Wildman–Crippen LogP) is 3.68. The van der Waals surface area contributed by atoms with Gasteiger partial charge in [0.1, 0.15) is 5.60 Å². The highest BCUT2D eigenvalue weighted by molar-refractivity contribution is 5.84. The van der Waals surface area contributed by atoms with Crippen LogP contribution in [0.1, 0.15) is 40.2 Å². The molecule has 0 aromatic heterocycles. The first kappa shape index (κ1) is 16.5. The van der Waals surface area contributed by atoms with Gasteiger partial charge in [0.2, 0.25) is 0 Å². The largest absolute Gasteiger partial charge is 0.444 e. The maximum Gasteiger partial charge on any atom is 0.412 e. The van der Waals surface area contributed by atoms with E-state index in [1.165, 1.54) is 0 Å². The van der Waals surface area contributed by atoms with Crippen LogP contribution < -0.4 is 5.32 Å². The number of hydrogen-bond acceptors (Lipinski definition) is 3. The Balaban J connectivity index is 2.66. The van der Waals surface area contributed by atoms with E-state index in [9.17, 15) is 4.79 Å². The normalized spacial score (nSPS) is 11.5. The van der Waals surface area contributed by atoms with Gasteiger partial charge in [-0.2, -0.15) is 0 Å². The second kappa shape index (κ2) is 7.29. The number of anilines is 1. The molecule has 0 aliphatic carbocycles. The van der Waals surface area contributed by atoms with Crippen LogP contribution in [0.3, 0.4) is 0 Å². The van der Waals surface area contributed by atoms with E-state index in [-0.39, 0.29) is 0 Å². The van der Waals surface area contributed by atoms with Crippen molar-refractivity contribution < 1.29 is 9.53 Å². The monoisotopic (exact) mass is 277 g/mol. The summed E-state index contributed by atoms with van der Waals surface area (Å²) in [5.74, 6) is 0. The number of amides is 1. The van der Waals surface area contributed by atoms with Crippen LogP contribution in [0.25, 0.3) is 0 Å². The molecule has 1 amide bonds. The molecular weight excluding hydrogens is 252 g/mol. The van der Waals surface area contributed by atoms with Gasteiger partial charge in [-0.15, -0.1) is 0 Å². The van der Waals surface area contributed by atoms with Gasteiger partial charge in [0.15, 0.2) is 0 Å². The van der Waals surface area contributed by atoms with Crippen molar-refractivity contribution in [3.63, 3.8) is 0 Å². The summed E-state index contributed by atoms with van der Waals surface area (Å²) in [6, 6.07) is 8.95. The molecular formula is C16H25N2O2. The van der Waals surface area contributed by atoms with Crippen LogP contribution in [0.5, 0.6) is 0 Å². The van der Waals surface area contributed by atoms with Crippen molar-refractivity contribution in [2.45, 2.75) is 46.8 Å². The van der Waals surface area contributed by atoms with Crippen LogP contribution in [0.2, 0.25) is 0 Å². The van der Waals surface area contributed by atoms with Crippen molar-refractivity contribution in [1.29, 1.82) is 0 Å². The standard InChI is InChI=1S/C16H25N2O2/c1-6-18(7-2)12-13-9-8-10-14(11-13)17-15(19)20-16(3,4)5/h8-10H,6-7,12H2,1-5H3,(H,17,19). The summed E-state index contributed by atoms with van der Waals surface area (Å²) in [5.41, 5.74) is 1.20. The van der Waals surface area contributed by atoms with Crippen LogP contribution in [0, 0.1) is 6.07 Å². The first-order valence-electron chi connectivity index (χ1n) is 7.07. The maximum atomic E-state index is 11.7. The van der Waals surface area contributed by atoms with Crippen LogP contribution >= 0.6 is 0 Å². The number of carbonyl (C=O) groups excluding carboxylic acids is 1. The van der Waals surface area contributed by atoms with Crippen LogP contribution in [0.4, 0.5) is 10.5 Å². The van der Waals surface area contributed by atoms with E-state index in [4.69, 9.17) is 4.74 Å². The van der Waals surface area contributed by atoms with Gasteiger partial charge in [0.25, 0.3) is 0 Å². The number of nitrogens with zero attached hydrogens (tertiary/aromatic N) is 1. The topological polar surface area (TPSA) is 41.6 Å². The zero-order valence-electron chi connectivity index (χ0n) is 13.1. The van der Waals surface area contributed by atoms with E-state index < -0.39 is 11.7 Å². The molecule has 4 nitrogen and oxygen atoms in total. The summed E-state index contributed by atoms with van der Waals surface area (Å²) in [6.45, 7) is 12.6. The molecule has 0 bridgehead atoms. The van der Waals surface area contributed by atoms with Crippen molar-refractivity contribution in [3.8, 4) is 0 Å². The molecule has 0 spiro atoms. The zero-order chi connectivity index (χ0) is 15.2. The molecule has 1 N–H and O–H groups in total. The average molecular weight is 277 g/mol. The average Bonchev–Trinajstić information content (AvgIpc) is 2.34. The molecule has 111 valence electrons. The van der Waals surface area contributed by atoms with Crippen molar-refractivity contribution >= 4 is 11.8 Å². The minimum atomic E-state index is -0.497. The lowest BCUT2D eigenvalue weighted by molar-refractivity contribution is 0.0636. The molecule has 0 heterocycles. The number of benzene rings is 1. The van der Waals surface area contributed by atoms with Gasteiger partial charge < -0.3 is 4.74 Å². The minimum Gasteiger partial charge on any atom is -0.444 e. The van der Waals surface area contributed by atoms with Crippen molar-refractivity contribution in [3.05, 3.63) is 29.8 Å². The summed E-state index contributed by atoms with van der Waals surface area (Å²) in [5, 5.41) is 2.71. The van der Waals surface area contributed by atoms with Crippen molar-refractivity contribution in [2.24, 2.45) is 0 Å². The molecule has 0 saturated heterocycles. The fourth-order valence-corrected chi connectivity index (χ4v) is 1.78. The van der Waals surface area contributed by atoms with E-state index in [0.29, 0.717) is 5.69 Å². The Kier molecular flexibility index (Phi) is 6.02. The van der Waals surface area contributed by atoms with E-state index in [1.807, 2.05) is 39.0 Å². The lowest BCUT2D eigenvalue weighted by Crippen LogP contribution is -2.27. The number of carbonyl (C=O) groups is 1. The molecule has 1 aromatic rings. The molecule has 0 saturated carbocycles. The predicted molar refractivity (Wildman–Crippen MR) is 81.8 cm³/mol. The van der Waals surface area contributed by atoms with Gasteiger partial charge in [0.05, 0.1) is 5.69 Å². The maximum absolute atomic E-state index is 11.7. The number of rotatable bonds is 5. The van der Waals surface area contributed by atoms with Gasteiger partial charge in [-0.05, 0) is 45.5 Å². The van der Waals surface area contributed by atoms with E-state index in [0.717, 1.165) is 25.2 Å². The number of nitrogens with one attached hydrogen (secondary N) is 1. The van der Waals surface area contributed by atoms with Crippen molar-refractivity contribution in [1.82, 2.24) is 4.90 Å². The molecule has 1 rings (SSSR count). The third-order valence-electron chi connectivity index (χ3n) is 2.78. The molecule has 0 aliphatic heterocycles. The third kappa shape index (κ3) is 6.06. The Morgan fingerprint density at radius 2 is 1.95 bits per heavy atom. The SMILES string of the molecule is CCN(CC)Cc1[c]c(NC(=O)OC(C)(C)C)ccc1. The number of ether oxygens (including phenoxy) is 1. The van der Waals surface area contributed by atoms with Gasteiger partial charge in [-0.3, -0.25) is 10.2 Å². The lowest BCUT2D eigenvalue weighted by atomic mass is 10.2. The van der Waals surface area contributed by atoms with E-state index in [2.05, 4.69) is 30.1 Å². The highest BCUT2D eigenvalue weighted by Crippen LogP contribution is 2.14. The van der Waals surface area contributed by atoms with Gasteiger partial charge >= 0.3 is 6.09 Å². The second-order valence-corrected chi connectivity index (χ2v) is 5.68. The zero-order valence-corrected chi connectivity index (χ0v) is 13.1. The van der Waals surface area contributed by atoms with Crippen LogP contribution in [0.15, 0.2) is 18.2 Å². The molecule has 4 heteroatoms. The summed E-state index contributed by atoms with van der Waals surface area (Å²) >= 11 is 0. The Morgan fingerprint density at radius 1 is 1.30 bits per heavy atom. The van der Waals surface area contributed by atoms with Gasteiger partial charge in [-0.25, -0.2) is 4.79 Å². The smallest absolute Gasteiger partial charge is 0.412 e. The molecule has 20 heavy (non-hydrogen) atoms. The molecule has 0 atom stereocenters. The quantitative estimate of drug-likeness (QED) is 0.892. The second-order valence-electron chi connectivity index (χ2n) is 5.68. The van der Waals surface area contributed by atoms with Crippen LogP contribution in [-0.2, 0) is 11.3 Å². The summed E-state index contributed by atoms with van der Waals surface area (Å²) in [6.07, 6.45) is -0.450. The highest BCUT2D eigenvalue weighted by Gasteiger charge is 2.16. The summed E-state index contributed by atoms with van der Waals surface area (Å²) < 4.78 is 5.22. The van der Waals surface area contributed by atoms with Crippen LogP contribution in [-0.4, -0.2) is 29.7 Å². The third-order valence-corrected chi connectivity index (χ3v) is 2.78. The van der Waals surface area contributed by atoms with Crippen molar-refractivity contribution in [2.75, 3.05) is 18.4 Å². The Hall–Kier alpha value is -1.55. The fourth-order valence-electron chi connectivity index (χ4n) is 1.78. The lowest BCUT2D eigenvalue weighted by Gasteiger charge is -2.20. The van der Waals surface area contributed by atoms with Gasteiger partial charge in [0, 0.05) is 12.6 Å². The fraction of sp³-hybridized carbons (Fsp3) is 0.562. The number of hydrogen-bond donors (Lipinski definition) is 1. The molecule has 0 unspecified atom stereocenters. The Bertz CT molecular complexity index is 434. The van der Waals surface area contributed by atoms with Gasteiger partial charge in [-0.1, -0.05) is 26.0 Å². The molecule has 0 aliphatic rings. The highest BCUT2D eigenvalue weighted by atomic mass is 16.6. The molecule has 1 radical (unpaired) electrons. The molecule has 0 fully saturated rings. The van der Waals surface area contributed by atoms with E-state index in [1.54, 1.807) is 0 Å². The Labute approximate surface area is 122 Å². The van der Waals surface area contributed by atoms with E-state index >= 15 is 0 Å². The Morgan fingerprint density at radius 3 is 2.50 bits per heavy atom. The first-order valence-corrected chi connectivity index (χ1v) is 7.07. The minimum absolute atomic E-state index is 0.450. The summed E-state index contributed by atoms with van der Waals surface area (Å²) in [4.78, 5) is 14.0.